The number of anilines is 1. The molecule has 0 amide bonds. The zero-order chi connectivity index (χ0) is 17.5. The quantitative estimate of drug-likeness (QED) is 0.678. The van der Waals surface area contributed by atoms with Crippen molar-refractivity contribution >= 4 is 17.8 Å². The van der Waals surface area contributed by atoms with Crippen LogP contribution in [0.1, 0.15) is 26.3 Å². The molecule has 0 aliphatic rings. The summed E-state index contributed by atoms with van der Waals surface area (Å²) in [5.74, 6) is -6.11. The number of H-pyrrole nitrogens is 1. The second-order valence-corrected chi connectivity index (χ2v) is 4.66. The molecule has 120 valence electrons. The van der Waals surface area contributed by atoms with E-state index < -0.39 is 51.6 Å². The average molecular weight is 324 g/mol. The molecule has 2 rings (SSSR count). The normalized spacial score (nSPS) is 10.6. The number of halogens is 2. The SMILES string of the molecule is Cc1c(F)cc(F)cc1-c1c(C(=O)O)c(N)[nH]c(=O)c1C(=O)O. The summed E-state index contributed by atoms with van der Waals surface area (Å²) in [6.07, 6.45) is 0. The van der Waals surface area contributed by atoms with Crippen molar-refractivity contribution in [3.63, 3.8) is 0 Å². The summed E-state index contributed by atoms with van der Waals surface area (Å²) in [6.45, 7) is 1.19. The fourth-order valence-corrected chi connectivity index (χ4v) is 2.22. The number of carboxylic acids is 2. The molecule has 0 unspecified atom stereocenters. The van der Waals surface area contributed by atoms with Gasteiger partial charge >= 0.3 is 11.9 Å². The van der Waals surface area contributed by atoms with Crippen molar-refractivity contribution < 1.29 is 28.6 Å². The number of nitrogen functional groups attached to an aromatic ring is 1. The van der Waals surface area contributed by atoms with Crippen LogP contribution < -0.4 is 11.3 Å². The molecule has 7 nitrogen and oxygen atoms in total. The highest BCUT2D eigenvalue weighted by atomic mass is 19.1. The van der Waals surface area contributed by atoms with Crippen LogP contribution >= 0.6 is 0 Å². The topological polar surface area (TPSA) is 133 Å². The summed E-state index contributed by atoms with van der Waals surface area (Å²) >= 11 is 0. The molecule has 0 aliphatic heterocycles. The van der Waals surface area contributed by atoms with Crippen LogP contribution in [0.2, 0.25) is 0 Å². The molecule has 9 heteroatoms. The number of hydrogen-bond donors (Lipinski definition) is 4. The summed E-state index contributed by atoms with van der Waals surface area (Å²) in [7, 11) is 0. The van der Waals surface area contributed by atoms with Gasteiger partial charge in [-0.15, -0.1) is 0 Å². The molecule has 0 spiro atoms. The molecule has 0 fully saturated rings. The van der Waals surface area contributed by atoms with Crippen molar-refractivity contribution in [3.05, 3.63) is 50.8 Å². The van der Waals surface area contributed by atoms with Gasteiger partial charge in [0.1, 0.15) is 28.6 Å². The van der Waals surface area contributed by atoms with Crippen LogP contribution in [0.3, 0.4) is 0 Å². The maximum absolute atomic E-state index is 13.7. The summed E-state index contributed by atoms with van der Waals surface area (Å²) in [5.41, 5.74) is 1.28. The van der Waals surface area contributed by atoms with E-state index in [4.69, 9.17) is 5.73 Å². The van der Waals surface area contributed by atoms with Crippen LogP contribution in [-0.4, -0.2) is 27.1 Å². The molecule has 0 saturated carbocycles. The van der Waals surface area contributed by atoms with Gasteiger partial charge < -0.3 is 20.9 Å². The predicted octanol–water partition coefficient (Wildman–Crippen LogP) is 1.61. The van der Waals surface area contributed by atoms with Gasteiger partial charge in [-0.3, -0.25) is 4.79 Å². The van der Waals surface area contributed by atoms with E-state index in [1.807, 2.05) is 4.98 Å². The molecule has 23 heavy (non-hydrogen) atoms. The molecular formula is C14H10F2N2O5. The van der Waals surface area contributed by atoms with E-state index in [9.17, 15) is 33.4 Å². The van der Waals surface area contributed by atoms with E-state index in [1.165, 1.54) is 6.92 Å². The van der Waals surface area contributed by atoms with E-state index in [1.54, 1.807) is 0 Å². The van der Waals surface area contributed by atoms with Crippen molar-refractivity contribution in [1.82, 2.24) is 4.98 Å². The minimum Gasteiger partial charge on any atom is -0.478 e. The summed E-state index contributed by atoms with van der Waals surface area (Å²) in [5, 5.41) is 18.4. The summed E-state index contributed by atoms with van der Waals surface area (Å²) in [4.78, 5) is 36.5. The number of rotatable bonds is 3. The molecule has 1 aromatic heterocycles. The van der Waals surface area contributed by atoms with Gasteiger partial charge in [-0.05, 0) is 24.1 Å². The van der Waals surface area contributed by atoms with E-state index in [0.29, 0.717) is 6.07 Å². The largest absolute Gasteiger partial charge is 0.478 e. The monoisotopic (exact) mass is 324 g/mol. The summed E-state index contributed by atoms with van der Waals surface area (Å²) < 4.78 is 27.2. The Morgan fingerprint density at radius 3 is 2.22 bits per heavy atom. The van der Waals surface area contributed by atoms with Gasteiger partial charge in [0.15, 0.2) is 0 Å². The second-order valence-electron chi connectivity index (χ2n) is 4.66. The third-order valence-electron chi connectivity index (χ3n) is 3.25. The maximum atomic E-state index is 13.7. The lowest BCUT2D eigenvalue weighted by molar-refractivity contribution is 0.0695. The Kier molecular flexibility index (Phi) is 3.87. The smallest absolute Gasteiger partial charge is 0.342 e. The number of aromatic nitrogens is 1. The van der Waals surface area contributed by atoms with Crippen LogP contribution in [0.4, 0.5) is 14.6 Å². The van der Waals surface area contributed by atoms with Crippen molar-refractivity contribution in [2.24, 2.45) is 0 Å². The third kappa shape index (κ3) is 2.63. The third-order valence-corrected chi connectivity index (χ3v) is 3.25. The maximum Gasteiger partial charge on any atom is 0.342 e. The summed E-state index contributed by atoms with van der Waals surface area (Å²) in [6, 6.07) is 1.29. The number of aromatic carboxylic acids is 2. The fourth-order valence-electron chi connectivity index (χ4n) is 2.22. The van der Waals surface area contributed by atoms with Gasteiger partial charge in [-0.2, -0.15) is 0 Å². The standard InChI is InChI=1S/C14H10F2N2O5/c1-4-6(2-5(15)3-7(4)16)8-9(13(20)21)11(17)18-12(19)10(8)14(22)23/h2-3H,1H3,(H,20,21)(H,22,23)(H3,17,18,19). The van der Waals surface area contributed by atoms with Gasteiger partial charge in [0.05, 0.1) is 0 Å². The highest BCUT2D eigenvalue weighted by Crippen LogP contribution is 2.33. The molecule has 1 aromatic carbocycles. The minimum absolute atomic E-state index is 0.221. The second kappa shape index (κ2) is 5.52. The van der Waals surface area contributed by atoms with Gasteiger partial charge in [0.2, 0.25) is 0 Å². The zero-order valence-electron chi connectivity index (χ0n) is 11.6. The molecule has 0 saturated heterocycles. The van der Waals surface area contributed by atoms with Crippen molar-refractivity contribution in [1.29, 1.82) is 0 Å². The lowest BCUT2D eigenvalue weighted by atomic mass is 9.92. The molecule has 5 N–H and O–H groups in total. The van der Waals surface area contributed by atoms with Crippen LogP contribution in [-0.2, 0) is 0 Å². The van der Waals surface area contributed by atoms with Crippen LogP contribution in [0, 0.1) is 18.6 Å². The lowest BCUT2D eigenvalue weighted by Gasteiger charge is -2.14. The molecule has 2 aromatic rings. The number of carboxylic acid groups (broad SMARTS) is 2. The predicted molar refractivity (Wildman–Crippen MR) is 75.5 cm³/mol. The van der Waals surface area contributed by atoms with Gasteiger partial charge in [-0.1, -0.05) is 0 Å². The number of aromatic amines is 1. The van der Waals surface area contributed by atoms with Gasteiger partial charge in [0.25, 0.3) is 5.56 Å². The van der Waals surface area contributed by atoms with Crippen molar-refractivity contribution in [2.75, 3.05) is 5.73 Å². The van der Waals surface area contributed by atoms with Crippen LogP contribution in [0.5, 0.6) is 0 Å². The molecular weight excluding hydrogens is 314 g/mol. The minimum atomic E-state index is -1.76. The Hall–Kier alpha value is -3.23. The first-order chi connectivity index (χ1) is 10.6. The Labute approximate surface area is 127 Å². The Bertz CT molecular complexity index is 905. The number of nitrogens with one attached hydrogen (secondary N) is 1. The number of hydrogen-bond acceptors (Lipinski definition) is 4. The zero-order valence-corrected chi connectivity index (χ0v) is 11.6. The van der Waals surface area contributed by atoms with E-state index in [2.05, 4.69) is 0 Å². The van der Waals surface area contributed by atoms with Crippen molar-refractivity contribution in [3.8, 4) is 11.1 Å². The van der Waals surface area contributed by atoms with Gasteiger partial charge in [-0.25, -0.2) is 18.4 Å². The number of benzene rings is 1. The highest BCUT2D eigenvalue weighted by Gasteiger charge is 2.28. The fraction of sp³-hybridized carbons (Fsp3) is 0.0714. The lowest BCUT2D eigenvalue weighted by Crippen LogP contribution is -2.24. The average Bonchev–Trinajstić information content (AvgIpc) is 2.40. The van der Waals surface area contributed by atoms with E-state index in [0.717, 1.165) is 6.07 Å². The highest BCUT2D eigenvalue weighted by molar-refractivity contribution is 6.07. The van der Waals surface area contributed by atoms with Crippen LogP contribution in [0.25, 0.3) is 11.1 Å². The first-order valence-electron chi connectivity index (χ1n) is 6.13. The number of carbonyl (C=O) groups is 2. The van der Waals surface area contributed by atoms with E-state index in [-0.39, 0.29) is 11.1 Å². The first-order valence-corrected chi connectivity index (χ1v) is 6.13. The Balaban J connectivity index is 3.10. The number of pyridine rings is 1. The molecule has 0 bridgehead atoms. The molecule has 1 heterocycles. The molecule has 0 atom stereocenters. The first kappa shape index (κ1) is 16.1. The Morgan fingerprint density at radius 2 is 1.70 bits per heavy atom. The molecule has 0 aliphatic carbocycles. The van der Waals surface area contributed by atoms with Gasteiger partial charge in [0, 0.05) is 11.6 Å². The van der Waals surface area contributed by atoms with E-state index >= 15 is 0 Å². The molecule has 0 radical (unpaired) electrons. The number of nitrogens with two attached hydrogens (primary N) is 1. The van der Waals surface area contributed by atoms with Crippen LogP contribution in [0.15, 0.2) is 16.9 Å². The Morgan fingerprint density at radius 1 is 1.13 bits per heavy atom. The van der Waals surface area contributed by atoms with Crippen molar-refractivity contribution in [2.45, 2.75) is 6.92 Å².